The van der Waals surface area contributed by atoms with Crippen LogP contribution in [0.15, 0.2) is 64.2 Å². The average Bonchev–Trinajstić information content (AvgIpc) is 2.99. The summed E-state index contributed by atoms with van der Waals surface area (Å²) >= 11 is 4.60. The van der Waals surface area contributed by atoms with Gasteiger partial charge in [0.15, 0.2) is 11.0 Å². The Hall–Kier alpha value is -2.12. The Kier molecular flexibility index (Phi) is 5.01. The minimum absolute atomic E-state index is 0.550. The molecule has 1 heterocycles. The molecule has 1 aromatic heterocycles. The molecule has 5 nitrogen and oxygen atoms in total. The molecule has 0 amide bonds. The van der Waals surface area contributed by atoms with Crippen molar-refractivity contribution >= 4 is 33.7 Å². The molecule has 1 atom stereocenters. The molecule has 3 rings (SSSR count). The maximum atomic E-state index is 11.2. The summed E-state index contributed by atoms with van der Waals surface area (Å²) < 4.78 is 2.86. The lowest BCUT2D eigenvalue weighted by molar-refractivity contribution is -0.136. The van der Waals surface area contributed by atoms with Crippen molar-refractivity contribution in [2.45, 2.75) is 17.3 Å². The van der Waals surface area contributed by atoms with Gasteiger partial charge in [0.05, 0.1) is 0 Å². The van der Waals surface area contributed by atoms with Crippen LogP contribution in [0.5, 0.6) is 0 Å². The van der Waals surface area contributed by atoms with E-state index >= 15 is 0 Å². The monoisotopic (exact) mass is 403 g/mol. The summed E-state index contributed by atoms with van der Waals surface area (Å²) in [6.45, 7) is 1.64. The van der Waals surface area contributed by atoms with Crippen molar-refractivity contribution < 1.29 is 9.90 Å². The lowest BCUT2D eigenvalue weighted by atomic mass is 10.2. The number of carbonyl (C=O) groups is 1. The molecule has 122 valence electrons. The number of para-hydroxylation sites is 1. The molecule has 0 unspecified atom stereocenters. The fourth-order valence-corrected chi connectivity index (χ4v) is 3.22. The molecule has 2 aromatic carbocycles. The van der Waals surface area contributed by atoms with Gasteiger partial charge >= 0.3 is 5.97 Å². The van der Waals surface area contributed by atoms with Crippen molar-refractivity contribution in [3.05, 3.63) is 59.1 Å². The topological polar surface area (TPSA) is 68.0 Å². The van der Waals surface area contributed by atoms with Crippen molar-refractivity contribution in [1.29, 1.82) is 0 Å². The molecule has 0 saturated carbocycles. The molecular formula is C17H14BrN3O2S. The predicted octanol–water partition coefficient (Wildman–Crippen LogP) is 4.26. The number of halogens is 1. The summed E-state index contributed by atoms with van der Waals surface area (Å²) in [5.74, 6) is -0.207. The van der Waals surface area contributed by atoms with Crippen molar-refractivity contribution in [1.82, 2.24) is 14.8 Å². The second kappa shape index (κ2) is 7.19. The fraction of sp³-hybridized carbons (Fsp3) is 0.118. The van der Waals surface area contributed by atoms with Gasteiger partial charge in [-0.3, -0.25) is 9.36 Å². The van der Waals surface area contributed by atoms with Crippen LogP contribution in [-0.2, 0) is 4.79 Å². The highest BCUT2D eigenvalue weighted by Gasteiger charge is 2.21. The fourth-order valence-electron chi connectivity index (χ4n) is 2.15. The number of aliphatic carboxylic acids is 1. The van der Waals surface area contributed by atoms with Gasteiger partial charge in [-0.2, -0.15) is 0 Å². The Bertz CT molecular complexity index is 850. The van der Waals surface area contributed by atoms with E-state index in [1.807, 2.05) is 59.2 Å². The molecule has 0 saturated heterocycles. The third-order valence-electron chi connectivity index (χ3n) is 3.38. The van der Waals surface area contributed by atoms with E-state index in [1.165, 1.54) is 11.8 Å². The summed E-state index contributed by atoms with van der Waals surface area (Å²) in [6, 6.07) is 17.4. The van der Waals surface area contributed by atoms with Crippen LogP contribution >= 0.6 is 27.7 Å². The summed E-state index contributed by atoms with van der Waals surface area (Å²) in [5, 5.41) is 17.6. The first-order valence-electron chi connectivity index (χ1n) is 7.22. The predicted molar refractivity (Wildman–Crippen MR) is 97.4 cm³/mol. The second-order valence-corrected chi connectivity index (χ2v) is 7.31. The highest BCUT2D eigenvalue weighted by atomic mass is 79.9. The van der Waals surface area contributed by atoms with E-state index in [4.69, 9.17) is 0 Å². The SMILES string of the molecule is C[C@@H](Sc1nnc(-c2ccc(Br)cc2)n1-c1ccccc1)C(=O)O. The minimum Gasteiger partial charge on any atom is -0.480 e. The molecule has 0 aliphatic rings. The first kappa shape index (κ1) is 16.7. The number of hydrogen-bond acceptors (Lipinski definition) is 4. The molecule has 0 aliphatic heterocycles. The summed E-state index contributed by atoms with van der Waals surface area (Å²) in [4.78, 5) is 11.2. The van der Waals surface area contributed by atoms with E-state index in [2.05, 4.69) is 26.1 Å². The molecule has 0 radical (unpaired) electrons. The molecule has 24 heavy (non-hydrogen) atoms. The van der Waals surface area contributed by atoms with Crippen LogP contribution in [0, 0.1) is 0 Å². The lowest BCUT2D eigenvalue weighted by Crippen LogP contribution is -2.12. The minimum atomic E-state index is -0.882. The Morgan fingerprint density at radius 3 is 2.42 bits per heavy atom. The van der Waals surface area contributed by atoms with Gasteiger partial charge in [-0.25, -0.2) is 0 Å². The third-order valence-corrected chi connectivity index (χ3v) is 4.94. The van der Waals surface area contributed by atoms with Crippen LogP contribution < -0.4 is 0 Å². The zero-order valence-electron chi connectivity index (χ0n) is 12.8. The summed E-state index contributed by atoms with van der Waals surface area (Å²) in [5.41, 5.74) is 1.80. The Balaban J connectivity index is 2.11. The van der Waals surface area contributed by atoms with Crippen molar-refractivity contribution in [3.8, 4) is 17.1 Å². The van der Waals surface area contributed by atoms with E-state index in [0.717, 1.165) is 15.7 Å². The van der Waals surface area contributed by atoms with E-state index in [1.54, 1.807) is 6.92 Å². The second-order valence-electron chi connectivity index (χ2n) is 5.08. The van der Waals surface area contributed by atoms with Gasteiger partial charge in [-0.15, -0.1) is 10.2 Å². The van der Waals surface area contributed by atoms with Gasteiger partial charge in [-0.1, -0.05) is 58.0 Å². The van der Waals surface area contributed by atoms with Crippen LogP contribution in [0.3, 0.4) is 0 Å². The number of benzene rings is 2. The Labute approximate surface area is 151 Å². The first-order valence-corrected chi connectivity index (χ1v) is 8.90. The maximum absolute atomic E-state index is 11.2. The van der Waals surface area contributed by atoms with Crippen molar-refractivity contribution in [3.63, 3.8) is 0 Å². The molecule has 0 spiro atoms. The van der Waals surface area contributed by atoms with Crippen LogP contribution in [-0.4, -0.2) is 31.1 Å². The number of carboxylic acid groups (broad SMARTS) is 1. The first-order chi connectivity index (χ1) is 11.6. The molecule has 0 bridgehead atoms. The van der Waals surface area contributed by atoms with Gasteiger partial charge in [0.1, 0.15) is 5.25 Å². The van der Waals surface area contributed by atoms with E-state index < -0.39 is 11.2 Å². The van der Waals surface area contributed by atoms with Crippen LogP contribution in [0.1, 0.15) is 6.92 Å². The van der Waals surface area contributed by atoms with Crippen molar-refractivity contribution in [2.75, 3.05) is 0 Å². The highest BCUT2D eigenvalue weighted by Crippen LogP contribution is 2.30. The number of hydrogen-bond donors (Lipinski definition) is 1. The van der Waals surface area contributed by atoms with Gasteiger partial charge in [0, 0.05) is 15.7 Å². The number of rotatable bonds is 5. The molecule has 0 fully saturated rings. The van der Waals surface area contributed by atoms with Crippen LogP contribution in [0.4, 0.5) is 0 Å². The maximum Gasteiger partial charge on any atom is 0.316 e. The highest BCUT2D eigenvalue weighted by molar-refractivity contribution is 9.10. The third kappa shape index (κ3) is 3.52. The largest absolute Gasteiger partial charge is 0.480 e. The van der Waals surface area contributed by atoms with Gasteiger partial charge in [-0.05, 0) is 31.2 Å². The smallest absolute Gasteiger partial charge is 0.316 e. The van der Waals surface area contributed by atoms with E-state index in [9.17, 15) is 9.90 Å². The van der Waals surface area contributed by atoms with E-state index in [-0.39, 0.29) is 0 Å². The lowest BCUT2D eigenvalue weighted by Gasteiger charge is -2.11. The number of thioether (sulfide) groups is 1. The zero-order valence-corrected chi connectivity index (χ0v) is 15.2. The Morgan fingerprint density at radius 1 is 1.12 bits per heavy atom. The van der Waals surface area contributed by atoms with Gasteiger partial charge in [0.25, 0.3) is 0 Å². The van der Waals surface area contributed by atoms with Gasteiger partial charge < -0.3 is 5.11 Å². The van der Waals surface area contributed by atoms with Gasteiger partial charge in [0.2, 0.25) is 0 Å². The summed E-state index contributed by atoms with van der Waals surface area (Å²) in [7, 11) is 0. The number of aromatic nitrogens is 3. The zero-order chi connectivity index (χ0) is 17.1. The normalized spacial score (nSPS) is 12.1. The summed E-state index contributed by atoms with van der Waals surface area (Å²) in [6.07, 6.45) is 0. The standard InChI is InChI=1S/C17H14BrN3O2S/c1-11(16(22)23)24-17-20-19-15(12-7-9-13(18)10-8-12)21(17)14-5-3-2-4-6-14/h2-11H,1H3,(H,22,23)/t11-/m1/s1. The number of nitrogens with zero attached hydrogens (tertiary/aromatic N) is 3. The number of carboxylic acids is 1. The van der Waals surface area contributed by atoms with Crippen molar-refractivity contribution in [2.24, 2.45) is 0 Å². The molecular weight excluding hydrogens is 390 g/mol. The van der Waals surface area contributed by atoms with Crippen LogP contribution in [0.2, 0.25) is 0 Å². The quantitative estimate of drug-likeness (QED) is 0.644. The molecule has 0 aliphatic carbocycles. The molecule has 1 N–H and O–H groups in total. The molecule has 7 heteroatoms. The average molecular weight is 404 g/mol. The van der Waals surface area contributed by atoms with E-state index in [0.29, 0.717) is 11.0 Å². The van der Waals surface area contributed by atoms with Crippen LogP contribution in [0.25, 0.3) is 17.1 Å². The Morgan fingerprint density at radius 2 is 1.79 bits per heavy atom. The molecule has 3 aromatic rings.